The molecule has 0 fully saturated rings. The maximum atomic E-state index is 11.9. The molecule has 6 rings (SSSR count). The molecule has 0 aliphatic heterocycles. The van der Waals surface area contributed by atoms with Gasteiger partial charge in [-0.1, -0.05) is 128 Å². The molecule has 0 bridgehead atoms. The zero-order valence-corrected chi connectivity index (χ0v) is 24.0. The van der Waals surface area contributed by atoms with E-state index in [-0.39, 0.29) is 11.6 Å². The molecule has 0 atom stereocenters. The van der Waals surface area contributed by atoms with Gasteiger partial charge < -0.3 is 0 Å². The largest absolute Gasteiger partial charge is 0.293 e. The first kappa shape index (κ1) is 28.9. The summed E-state index contributed by atoms with van der Waals surface area (Å²) in [5, 5.41) is 0. The predicted molar refractivity (Wildman–Crippen MR) is 170 cm³/mol. The second-order valence-electron chi connectivity index (χ2n) is 9.70. The lowest BCUT2D eigenvalue weighted by Gasteiger charge is -2.10. The van der Waals surface area contributed by atoms with Crippen LogP contribution < -0.4 is 0 Å². The van der Waals surface area contributed by atoms with Crippen LogP contribution in [0.5, 0.6) is 0 Å². The number of hydrogen-bond donors (Lipinski definition) is 0. The van der Waals surface area contributed by atoms with Crippen molar-refractivity contribution in [3.05, 3.63) is 145 Å². The molecule has 0 N–H and O–H groups in total. The van der Waals surface area contributed by atoms with Gasteiger partial charge in [0.25, 0.3) is 0 Å². The Kier molecular flexibility index (Phi) is 9.29. The molecule has 4 aromatic carbocycles. The van der Waals surface area contributed by atoms with Crippen LogP contribution in [0, 0.1) is 0 Å². The van der Waals surface area contributed by atoms with Crippen LogP contribution in [0.1, 0.15) is 41.2 Å². The number of carbonyl (C=O) groups is 2. The Bertz CT molecular complexity index is 1830. The summed E-state index contributed by atoms with van der Waals surface area (Å²) in [6.07, 6.45) is 3.53. The van der Waals surface area contributed by atoms with E-state index in [0.29, 0.717) is 17.8 Å². The van der Waals surface area contributed by atoms with E-state index in [9.17, 15) is 9.59 Å². The predicted octanol–water partition coefficient (Wildman–Crippen LogP) is 8.42. The number of hydrogen-bond acceptors (Lipinski definition) is 6. The smallest absolute Gasteiger partial charge is 0.182 e. The molecule has 0 radical (unpaired) electrons. The van der Waals surface area contributed by atoms with Crippen molar-refractivity contribution in [2.75, 3.05) is 0 Å². The summed E-state index contributed by atoms with van der Waals surface area (Å²) in [4.78, 5) is 41.6. The normalized spacial score (nSPS) is 10.4. The topological polar surface area (TPSA) is 85.7 Å². The monoisotopic (exact) mass is 562 g/mol. The van der Waals surface area contributed by atoms with Crippen molar-refractivity contribution in [3.63, 3.8) is 0 Å². The van der Waals surface area contributed by atoms with Crippen molar-refractivity contribution >= 4 is 11.6 Å². The molecule has 2 heterocycles. The quantitative estimate of drug-likeness (QED) is 0.182. The third-order valence-corrected chi connectivity index (χ3v) is 6.70. The molecular formula is C37H30N4O2. The first-order valence-electron chi connectivity index (χ1n) is 14.0. The fraction of sp³-hybridized carbons (Fsp3) is 0.0811. The molecule has 6 nitrogen and oxygen atoms in total. The van der Waals surface area contributed by atoms with Crippen LogP contribution in [0.3, 0.4) is 0 Å². The minimum Gasteiger partial charge on any atom is -0.293 e. The second-order valence-corrected chi connectivity index (χ2v) is 9.70. The first-order chi connectivity index (χ1) is 21.0. The maximum Gasteiger partial charge on any atom is 0.182 e. The van der Waals surface area contributed by atoms with E-state index in [4.69, 9.17) is 0 Å². The van der Waals surface area contributed by atoms with Crippen LogP contribution in [0.4, 0.5) is 0 Å². The van der Waals surface area contributed by atoms with Gasteiger partial charge in [-0.2, -0.15) is 0 Å². The Morgan fingerprint density at radius 1 is 0.488 bits per heavy atom. The van der Waals surface area contributed by atoms with Gasteiger partial charge in [-0.25, -0.2) is 9.97 Å². The Labute approximate surface area is 251 Å². The highest BCUT2D eigenvalue weighted by atomic mass is 16.1. The van der Waals surface area contributed by atoms with Crippen LogP contribution >= 0.6 is 0 Å². The molecule has 0 aliphatic rings. The van der Waals surface area contributed by atoms with Crippen LogP contribution in [0.15, 0.2) is 134 Å². The van der Waals surface area contributed by atoms with Crippen molar-refractivity contribution in [2.45, 2.75) is 20.3 Å². The van der Waals surface area contributed by atoms with Crippen molar-refractivity contribution in [3.8, 4) is 45.0 Å². The molecular weight excluding hydrogens is 532 g/mol. The lowest BCUT2D eigenvalue weighted by atomic mass is 10.0. The van der Waals surface area contributed by atoms with E-state index < -0.39 is 0 Å². The number of aromatic nitrogens is 4. The molecule has 0 amide bonds. The van der Waals surface area contributed by atoms with Gasteiger partial charge in [0.2, 0.25) is 0 Å². The molecule has 0 saturated carbocycles. The summed E-state index contributed by atoms with van der Waals surface area (Å²) in [7, 11) is 0. The van der Waals surface area contributed by atoms with Crippen LogP contribution in [-0.2, 0) is 0 Å². The number of Topliss-reactive ketones (excluding diaryl/α,β-unsaturated/α-hetero) is 2. The molecule has 0 spiro atoms. The van der Waals surface area contributed by atoms with Gasteiger partial charge in [-0.15, -0.1) is 0 Å². The van der Waals surface area contributed by atoms with Gasteiger partial charge in [0.05, 0.1) is 35.2 Å². The minimum atomic E-state index is -0.0840. The summed E-state index contributed by atoms with van der Waals surface area (Å²) in [6, 6.07) is 39.4. The fourth-order valence-corrected chi connectivity index (χ4v) is 4.47. The van der Waals surface area contributed by atoms with E-state index in [1.54, 1.807) is 6.20 Å². The number of rotatable bonds is 7. The second kappa shape index (κ2) is 13.8. The summed E-state index contributed by atoms with van der Waals surface area (Å²) < 4.78 is 0. The van der Waals surface area contributed by atoms with Gasteiger partial charge in [-0.3, -0.25) is 19.6 Å². The molecule has 2 aromatic heterocycles. The van der Waals surface area contributed by atoms with Crippen molar-refractivity contribution < 1.29 is 9.59 Å². The van der Waals surface area contributed by atoms with Crippen molar-refractivity contribution in [1.29, 1.82) is 0 Å². The van der Waals surface area contributed by atoms with Crippen molar-refractivity contribution in [2.24, 2.45) is 0 Å². The number of benzene rings is 4. The fourth-order valence-electron chi connectivity index (χ4n) is 4.47. The number of carbonyl (C=O) groups excluding carboxylic acids is 2. The van der Waals surface area contributed by atoms with Gasteiger partial charge in [0.1, 0.15) is 11.4 Å². The summed E-state index contributed by atoms with van der Waals surface area (Å²) in [5.74, 6) is -0.0800. The number of ketones is 2. The average molecular weight is 563 g/mol. The van der Waals surface area contributed by atoms with E-state index in [1.165, 1.54) is 13.1 Å². The lowest BCUT2D eigenvalue weighted by molar-refractivity contribution is 0.0981. The summed E-state index contributed by atoms with van der Waals surface area (Å²) in [6.45, 7) is 3.33. The molecule has 0 unspecified atom stereocenters. The zero-order valence-electron chi connectivity index (χ0n) is 24.0. The minimum absolute atomic E-state index is 0.00397. The lowest BCUT2D eigenvalue weighted by Crippen LogP contribution is -2.04. The highest BCUT2D eigenvalue weighted by Gasteiger charge is 2.15. The van der Waals surface area contributed by atoms with E-state index in [1.807, 2.05) is 128 Å². The molecule has 43 heavy (non-hydrogen) atoms. The maximum absolute atomic E-state index is 11.9. The van der Waals surface area contributed by atoms with E-state index in [0.717, 1.165) is 45.0 Å². The number of nitrogens with zero attached hydrogens (tertiary/aromatic N) is 4. The molecule has 0 saturated heterocycles. The molecule has 0 aliphatic carbocycles. The third kappa shape index (κ3) is 7.00. The highest BCUT2D eigenvalue weighted by Crippen LogP contribution is 2.30. The van der Waals surface area contributed by atoms with Crippen LogP contribution in [-0.4, -0.2) is 31.5 Å². The van der Waals surface area contributed by atoms with Gasteiger partial charge in [0.15, 0.2) is 11.6 Å². The van der Waals surface area contributed by atoms with E-state index >= 15 is 0 Å². The summed E-state index contributed by atoms with van der Waals surface area (Å²) >= 11 is 0. The average Bonchev–Trinajstić information content (AvgIpc) is 3.09. The molecule has 210 valence electrons. The van der Waals surface area contributed by atoms with E-state index in [2.05, 4.69) is 19.9 Å². The Balaban J connectivity index is 0.000000171. The summed E-state index contributed by atoms with van der Waals surface area (Å²) in [5.41, 5.74) is 7.73. The highest BCUT2D eigenvalue weighted by molar-refractivity contribution is 5.95. The Hall–Kier alpha value is -5.62. The van der Waals surface area contributed by atoms with Crippen LogP contribution in [0.25, 0.3) is 45.0 Å². The van der Waals surface area contributed by atoms with Crippen molar-refractivity contribution in [1.82, 2.24) is 19.9 Å². The van der Waals surface area contributed by atoms with Gasteiger partial charge in [-0.05, 0) is 0 Å². The first-order valence-corrected chi connectivity index (χ1v) is 14.0. The van der Waals surface area contributed by atoms with Crippen LogP contribution in [0.2, 0.25) is 0 Å². The SMILES string of the molecule is CC(=O)c1cnc(-c2ccccc2)c(-c2ccccc2)n1.CCC(=O)c1cnc(-c2ccccc2)c(-c2ccccc2)n1. The standard InChI is InChI=1S/C19H16N2O.C18H14N2O/c1-2-17(22)16-13-20-18(14-9-5-3-6-10-14)19(21-16)15-11-7-4-8-12-15;1-13(21)16-12-19-17(14-8-4-2-5-9-14)18(20-16)15-10-6-3-7-11-15/h3-13H,2H2,1H3;2-12H,1H3. The zero-order chi connectivity index (χ0) is 30.0. The Morgan fingerprint density at radius 3 is 1.16 bits per heavy atom. The molecule has 6 heteroatoms. The van der Waals surface area contributed by atoms with Gasteiger partial charge >= 0.3 is 0 Å². The molecule has 6 aromatic rings. The third-order valence-electron chi connectivity index (χ3n) is 6.70. The Morgan fingerprint density at radius 2 is 0.814 bits per heavy atom. The van der Waals surface area contributed by atoms with Gasteiger partial charge in [0, 0.05) is 35.6 Å².